The molecular weight excluding hydrogens is 518 g/mol. The number of rotatable bonds is 9. The lowest BCUT2D eigenvalue weighted by atomic mass is 9.87. The second-order valence-corrected chi connectivity index (χ2v) is 11.3. The average molecular weight is 556 g/mol. The van der Waals surface area contributed by atoms with Crippen molar-refractivity contribution >= 4 is 55.5 Å². The first-order chi connectivity index (χ1) is 19.7. The van der Waals surface area contributed by atoms with Crippen LogP contribution in [0.4, 0.5) is 0 Å². The predicted octanol–water partition coefficient (Wildman–Crippen LogP) is 6.25. The first-order valence-electron chi connectivity index (χ1n) is 14.5. The maximum Gasteiger partial charge on any atom is 0.343 e. The summed E-state index contributed by atoms with van der Waals surface area (Å²) in [6.45, 7) is 7.83. The van der Waals surface area contributed by atoms with Crippen LogP contribution < -0.4 is 5.32 Å². The van der Waals surface area contributed by atoms with Crippen molar-refractivity contribution in [1.82, 2.24) is 14.9 Å². The summed E-state index contributed by atoms with van der Waals surface area (Å²) in [5.74, 6) is -0.831. The Morgan fingerprint density at radius 3 is 2.51 bits per heavy atom. The number of hydrogen-bond acceptors (Lipinski definition) is 5. The van der Waals surface area contributed by atoms with E-state index in [1.54, 1.807) is 13.8 Å². The van der Waals surface area contributed by atoms with Crippen LogP contribution in [0.2, 0.25) is 0 Å². The predicted molar refractivity (Wildman–Crippen MR) is 161 cm³/mol. The fourth-order valence-corrected chi connectivity index (χ4v) is 6.70. The molecule has 0 saturated carbocycles. The fourth-order valence-electron chi connectivity index (χ4n) is 6.70. The zero-order valence-electron chi connectivity index (χ0n) is 24.3. The van der Waals surface area contributed by atoms with Crippen LogP contribution in [0.25, 0.3) is 43.6 Å². The molecular formula is C33H37N3O5. The summed E-state index contributed by atoms with van der Waals surface area (Å²) in [6.07, 6.45) is 2.33. The van der Waals surface area contributed by atoms with Crippen molar-refractivity contribution in [1.29, 1.82) is 0 Å². The molecule has 3 heterocycles. The number of benzene rings is 3. The van der Waals surface area contributed by atoms with Gasteiger partial charge in [0, 0.05) is 40.7 Å². The Balaban J connectivity index is 1.72. The van der Waals surface area contributed by atoms with E-state index in [1.807, 2.05) is 60.0 Å². The number of nitrogens with zero attached hydrogens (tertiary/aromatic N) is 1. The number of ether oxygens (including phenoxy) is 2. The number of hydrogen-bond donors (Lipinski definition) is 3. The summed E-state index contributed by atoms with van der Waals surface area (Å²) in [5, 5.41) is 18.9. The monoisotopic (exact) mass is 555 g/mol. The molecule has 1 aliphatic heterocycles. The number of H-pyrrole nitrogens is 1. The van der Waals surface area contributed by atoms with Gasteiger partial charge in [0.1, 0.15) is 0 Å². The van der Waals surface area contributed by atoms with Crippen LogP contribution in [0, 0.1) is 0 Å². The van der Waals surface area contributed by atoms with Gasteiger partial charge >= 0.3 is 5.97 Å². The molecule has 5 aromatic rings. The maximum atomic E-state index is 13.8. The number of unbranched alkanes of at least 4 members (excludes halogenated alkanes) is 1. The number of para-hydroxylation sites is 2. The third-order valence-electron chi connectivity index (χ3n) is 9.04. The molecule has 3 atom stereocenters. The highest BCUT2D eigenvalue weighted by atomic mass is 16.6. The van der Waals surface area contributed by atoms with Crippen LogP contribution in [0.5, 0.6) is 0 Å². The molecule has 0 spiro atoms. The average Bonchev–Trinajstić information content (AvgIpc) is 3.66. The van der Waals surface area contributed by atoms with Crippen molar-refractivity contribution in [3.05, 3.63) is 59.7 Å². The summed E-state index contributed by atoms with van der Waals surface area (Å²) in [5.41, 5.74) is 1.13. The number of esters is 1. The molecule has 0 saturated heterocycles. The summed E-state index contributed by atoms with van der Waals surface area (Å²) in [7, 11) is 1.51. The SMILES string of the molecule is CCCCC(C)OC(=O)C(O)(CC)C(C)(OC)n1c2ccccc2c2c3c(c4c5ccccc5[nH]c4c21)C(=O)NC3. The van der Waals surface area contributed by atoms with E-state index in [0.29, 0.717) is 18.5 Å². The van der Waals surface area contributed by atoms with E-state index < -0.39 is 17.3 Å². The number of amides is 1. The van der Waals surface area contributed by atoms with Crippen LogP contribution in [0.1, 0.15) is 69.3 Å². The van der Waals surface area contributed by atoms with Gasteiger partial charge in [-0.1, -0.05) is 63.1 Å². The van der Waals surface area contributed by atoms with E-state index in [2.05, 4.69) is 17.2 Å². The van der Waals surface area contributed by atoms with Crippen molar-refractivity contribution in [3.8, 4) is 0 Å². The quantitative estimate of drug-likeness (QED) is 0.186. The first kappa shape index (κ1) is 27.3. The lowest BCUT2D eigenvalue weighted by molar-refractivity contribution is -0.228. The Kier molecular flexibility index (Phi) is 6.58. The highest BCUT2D eigenvalue weighted by molar-refractivity contribution is 6.30. The van der Waals surface area contributed by atoms with Gasteiger partial charge < -0.3 is 29.4 Å². The number of methoxy groups -OCH3 is 1. The van der Waals surface area contributed by atoms with Gasteiger partial charge in [-0.25, -0.2) is 4.79 Å². The van der Waals surface area contributed by atoms with Gasteiger partial charge in [0.15, 0.2) is 5.72 Å². The molecule has 8 heteroatoms. The number of aromatic amines is 1. The largest absolute Gasteiger partial charge is 0.460 e. The summed E-state index contributed by atoms with van der Waals surface area (Å²) in [4.78, 5) is 30.7. The van der Waals surface area contributed by atoms with E-state index in [0.717, 1.165) is 62.0 Å². The number of carbonyl (C=O) groups excluding carboxylic acids is 2. The Bertz CT molecular complexity index is 1840. The van der Waals surface area contributed by atoms with E-state index >= 15 is 0 Å². The number of nitrogens with one attached hydrogen (secondary N) is 2. The fraction of sp³-hybridized carbons (Fsp3) is 0.394. The van der Waals surface area contributed by atoms with E-state index in [9.17, 15) is 14.7 Å². The normalized spacial score (nSPS) is 17.1. The molecule has 6 rings (SSSR count). The summed E-state index contributed by atoms with van der Waals surface area (Å²) in [6, 6.07) is 15.8. The Labute approximate surface area is 238 Å². The third-order valence-corrected chi connectivity index (χ3v) is 9.04. The Hall–Kier alpha value is -3.88. The smallest absolute Gasteiger partial charge is 0.343 e. The molecule has 3 aromatic carbocycles. The molecule has 2 aromatic heterocycles. The van der Waals surface area contributed by atoms with Crippen LogP contribution in [-0.2, 0) is 26.5 Å². The number of fused-ring (bicyclic) bond motifs is 10. The summed E-state index contributed by atoms with van der Waals surface area (Å²) >= 11 is 0. The van der Waals surface area contributed by atoms with Crippen LogP contribution in [-0.4, -0.2) is 45.3 Å². The minimum atomic E-state index is -2.03. The van der Waals surface area contributed by atoms with Gasteiger partial charge in [-0.3, -0.25) is 4.79 Å². The molecule has 8 nitrogen and oxygen atoms in total. The van der Waals surface area contributed by atoms with Gasteiger partial charge in [-0.05, 0) is 44.4 Å². The second-order valence-electron chi connectivity index (χ2n) is 11.3. The first-order valence-corrected chi connectivity index (χ1v) is 14.5. The molecule has 41 heavy (non-hydrogen) atoms. The molecule has 0 fully saturated rings. The molecule has 1 amide bonds. The van der Waals surface area contributed by atoms with Crippen molar-refractivity contribution in [2.45, 2.75) is 77.4 Å². The lowest BCUT2D eigenvalue weighted by Crippen LogP contribution is -2.60. The number of aliphatic hydroxyl groups is 1. The van der Waals surface area contributed by atoms with Crippen LogP contribution in [0.15, 0.2) is 48.5 Å². The van der Waals surface area contributed by atoms with Crippen molar-refractivity contribution in [2.75, 3.05) is 7.11 Å². The van der Waals surface area contributed by atoms with Crippen molar-refractivity contribution in [3.63, 3.8) is 0 Å². The number of carbonyl (C=O) groups is 2. The maximum absolute atomic E-state index is 13.8. The third kappa shape index (κ3) is 3.73. The molecule has 0 aliphatic carbocycles. The van der Waals surface area contributed by atoms with Gasteiger partial charge in [0.2, 0.25) is 5.60 Å². The Morgan fingerprint density at radius 1 is 1.10 bits per heavy atom. The van der Waals surface area contributed by atoms with E-state index in [4.69, 9.17) is 9.47 Å². The van der Waals surface area contributed by atoms with Crippen LogP contribution in [0.3, 0.4) is 0 Å². The topological polar surface area (TPSA) is 106 Å². The molecule has 0 radical (unpaired) electrons. The highest BCUT2D eigenvalue weighted by Gasteiger charge is 2.56. The van der Waals surface area contributed by atoms with Gasteiger partial charge in [0.25, 0.3) is 5.91 Å². The van der Waals surface area contributed by atoms with Gasteiger partial charge in [-0.2, -0.15) is 0 Å². The van der Waals surface area contributed by atoms with Gasteiger partial charge in [-0.15, -0.1) is 0 Å². The number of aromatic nitrogens is 2. The molecule has 3 unspecified atom stereocenters. The van der Waals surface area contributed by atoms with Crippen molar-refractivity contribution in [2.24, 2.45) is 0 Å². The standard InChI is InChI=1S/C33H37N3O5/c1-6-8-13-19(3)41-31(38)33(39,7-2)32(4,40-5)36-24-17-12-10-15-21(24)25-22-18-34-30(37)27(22)26-20-14-9-11-16-23(20)35-28(26)29(25)36/h9-12,14-17,19,35,39H,6-8,13,18H2,1-5H3,(H,34,37). The second kappa shape index (κ2) is 9.89. The minimum Gasteiger partial charge on any atom is -0.460 e. The molecule has 3 N–H and O–H groups in total. The summed E-state index contributed by atoms with van der Waals surface area (Å²) < 4.78 is 14.0. The van der Waals surface area contributed by atoms with Crippen molar-refractivity contribution < 1.29 is 24.2 Å². The lowest BCUT2D eigenvalue weighted by Gasteiger charge is -2.43. The zero-order valence-corrected chi connectivity index (χ0v) is 24.3. The molecule has 0 bridgehead atoms. The van der Waals surface area contributed by atoms with Crippen LogP contribution >= 0.6 is 0 Å². The molecule has 1 aliphatic rings. The van der Waals surface area contributed by atoms with E-state index in [1.165, 1.54) is 7.11 Å². The Morgan fingerprint density at radius 2 is 1.80 bits per heavy atom. The minimum absolute atomic E-state index is 0.0610. The highest BCUT2D eigenvalue weighted by Crippen LogP contribution is 2.48. The van der Waals surface area contributed by atoms with E-state index in [-0.39, 0.29) is 18.4 Å². The molecule has 214 valence electrons. The zero-order chi connectivity index (χ0) is 29.1. The van der Waals surface area contributed by atoms with Gasteiger partial charge in [0.05, 0.1) is 28.2 Å².